The number of carbonyl (C=O) groups excluding carboxylic acids is 3. The zero-order valence-electron chi connectivity index (χ0n) is 17.1. The largest absolute Gasteiger partial charge is 0.395 e. The Morgan fingerprint density at radius 1 is 0.871 bits per heavy atom. The first-order chi connectivity index (χ1) is 15.1. The van der Waals surface area contributed by atoms with E-state index in [1.807, 2.05) is 0 Å². The summed E-state index contributed by atoms with van der Waals surface area (Å²) in [4.78, 5) is 43.4. The molecular formula is C23H25N3O5. The number of hydrogen-bond acceptors (Lipinski definition) is 7. The highest BCUT2D eigenvalue weighted by molar-refractivity contribution is 6.31. The fourth-order valence-electron chi connectivity index (χ4n) is 4.22. The minimum Gasteiger partial charge on any atom is -0.395 e. The topological polar surface area (TPSA) is 110 Å². The van der Waals surface area contributed by atoms with Crippen LogP contribution < -0.4 is 5.32 Å². The fraction of sp³-hybridized carbons (Fsp3) is 0.348. The van der Waals surface area contributed by atoms with Gasteiger partial charge >= 0.3 is 0 Å². The smallest absolute Gasteiger partial charge is 0.256 e. The molecule has 2 aliphatic rings. The molecule has 1 saturated heterocycles. The molecule has 2 aromatic rings. The van der Waals surface area contributed by atoms with Gasteiger partial charge in [0, 0.05) is 56.0 Å². The maximum absolute atomic E-state index is 13.3. The van der Waals surface area contributed by atoms with Crippen molar-refractivity contribution >= 4 is 23.2 Å². The van der Waals surface area contributed by atoms with Gasteiger partial charge in [-0.1, -0.05) is 24.3 Å². The Labute approximate surface area is 180 Å². The summed E-state index contributed by atoms with van der Waals surface area (Å²) in [6.07, 6.45) is 0. The van der Waals surface area contributed by atoms with Crippen LogP contribution in [0.2, 0.25) is 0 Å². The standard InChI is InChI=1S/C23H25N3O5/c27-13-7-24-20-18(23(31)26-10-8-25(9-11-26)12-14-28)6-5-17-19(20)22(30)16-4-2-1-3-15(16)21(17)29/h1-6,24,27-28H,7-14H2. The Bertz CT molecular complexity index is 1030. The van der Waals surface area contributed by atoms with E-state index in [9.17, 15) is 19.5 Å². The van der Waals surface area contributed by atoms with Crippen molar-refractivity contribution in [3.63, 3.8) is 0 Å². The third-order valence-electron chi connectivity index (χ3n) is 5.81. The van der Waals surface area contributed by atoms with E-state index in [-0.39, 0.29) is 48.4 Å². The Morgan fingerprint density at radius 3 is 2.19 bits per heavy atom. The Morgan fingerprint density at radius 2 is 1.55 bits per heavy atom. The van der Waals surface area contributed by atoms with Crippen LogP contribution in [-0.4, -0.2) is 90.0 Å². The van der Waals surface area contributed by atoms with E-state index in [1.54, 1.807) is 41.3 Å². The lowest BCUT2D eigenvalue weighted by Crippen LogP contribution is -2.49. The highest BCUT2D eigenvalue weighted by Crippen LogP contribution is 2.35. The second-order valence-electron chi connectivity index (χ2n) is 7.62. The van der Waals surface area contributed by atoms with Crippen molar-refractivity contribution in [2.75, 3.05) is 57.8 Å². The van der Waals surface area contributed by atoms with Gasteiger partial charge in [-0.2, -0.15) is 0 Å². The van der Waals surface area contributed by atoms with Crippen LogP contribution in [0.15, 0.2) is 36.4 Å². The average molecular weight is 423 g/mol. The van der Waals surface area contributed by atoms with Crippen LogP contribution >= 0.6 is 0 Å². The monoisotopic (exact) mass is 423 g/mol. The minimum atomic E-state index is -0.312. The van der Waals surface area contributed by atoms with E-state index in [0.29, 0.717) is 55.1 Å². The lowest BCUT2D eigenvalue weighted by Gasteiger charge is -2.35. The second kappa shape index (κ2) is 8.97. The summed E-state index contributed by atoms with van der Waals surface area (Å²) in [5, 5.41) is 21.4. The third kappa shape index (κ3) is 3.85. The van der Waals surface area contributed by atoms with E-state index in [0.717, 1.165) is 0 Å². The first-order valence-corrected chi connectivity index (χ1v) is 10.4. The van der Waals surface area contributed by atoms with Gasteiger partial charge in [0.25, 0.3) is 5.91 Å². The Hall–Kier alpha value is -3.07. The average Bonchev–Trinajstić information content (AvgIpc) is 2.81. The number of carbonyl (C=O) groups is 3. The van der Waals surface area contributed by atoms with Crippen molar-refractivity contribution in [2.45, 2.75) is 0 Å². The Balaban J connectivity index is 1.72. The van der Waals surface area contributed by atoms with Gasteiger partial charge in [-0.05, 0) is 12.1 Å². The minimum absolute atomic E-state index is 0.0750. The zero-order valence-corrected chi connectivity index (χ0v) is 17.1. The molecule has 31 heavy (non-hydrogen) atoms. The molecule has 0 aromatic heterocycles. The summed E-state index contributed by atoms with van der Waals surface area (Å²) in [5.41, 5.74) is 1.71. The zero-order chi connectivity index (χ0) is 22.0. The van der Waals surface area contributed by atoms with Crippen LogP contribution in [0.5, 0.6) is 0 Å². The van der Waals surface area contributed by atoms with Crippen molar-refractivity contribution in [1.29, 1.82) is 0 Å². The maximum Gasteiger partial charge on any atom is 0.256 e. The number of nitrogens with zero attached hydrogens (tertiary/aromatic N) is 2. The first kappa shape index (κ1) is 21.2. The van der Waals surface area contributed by atoms with Gasteiger partial charge in [-0.15, -0.1) is 0 Å². The number of aliphatic hydroxyl groups is 2. The van der Waals surface area contributed by atoms with Gasteiger partial charge in [-0.3, -0.25) is 19.3 Å². The van der Waals surface area contributed by atoms with Crippen LogP contribution in [0, 0.1) is 0 Å². The van der Waals surface area contributed by atoms with Crippen molar-refractivity contribution < 1.29 is 24.6 Å². The molecule has 1 fully saturated rings. The third-order valence-corrected chi connectivity index (χ3v) is 5.81. The lowest BCUT2D eigenvalue weighted by atomic mass is 9.82. The SMILES string of the molecule is O=C1c2ccccc2C(=O)c2c1ccc(C(=O)N1CCN(CCO)CC1)c2NCCO. The van der Waals surface area contributed by atoms with E-state index in [1.165, 1.54) is 0 Å². The molecule has 0 unspecified atom stereocenters. The van der Waals surface area contributed by atoms with Crippen LogP contribution in [0.4, 0.5) is 5.69 Å². The molecule has 1 aliphatic heterocycles. The van der Waals surface area contributed by atoms with E-state index in [2.05, 4.69) is 10.2 Å². The quantitative estimate of drug-likeness (QED) is 0.533. The van der Waals surface area contributed by atoms with E-state index in [4.69, 9.17) is 5.11 Å². The van der Waals surface area contributed by atoms with Crippen molar-refractivity contribution in [3.05, 3.63) is 64.2 Å². The van der Waals surface area contributed by atoms with Gasteiger partial charge in [0.1, 0.15) is 0 Å². The summed E-state index contributed by atoms with van der Waals surface area (Å²) in [6, 6.07) is 9.80. The lowest BCUT2D eigenvalue weighted by molar-refractivity contribution is 0.0615. The number of rotatable bonds is 6. The van der Waals surface area contributed by atoms with Crippen molar-refractivity contribution in [2.24, 2.45) is 0 Å². The number of aliphatic hydroxyl groups excluding tert-OH is 2. The molecule has 8 heteroatoms. The van der Waals surface area contributed by atoms with Gasteiger partial charge in [-0.25, -0.2) is 0 Å². The second-order valence-corrected chi connectivity index (χ2v) is 7.62. The molecular weight excluding hydrogens is 398 g/mol. The summed E-state index contributed by atoms with van der Waals surface area (Å²) in [6.45, 7) is 2.92. The van der Waals surface area contributed by atoms with Gasteiger partial charge in [0.05, 0.1) is 30.0 Å². The predicted molar refractivity (Wildman–Crippen MR) is 115 cm³/mol. The molecule has 2 aromatic carbocycles. The number of hydrogen-bond donors (Lipinski definition) is 3. The molecule has 0 bridgehead atoms. The summed E-state index contributed by atoms with van der Waals surface area (Å²) in [5.74, 6) is -0.798. The van der Waals surface area contributed by atoms with Gasteiger partial charge in [0.15, 0.2) is 11.6 Å². The van der Waals surface area contributed by atoms with Crippen molar-refractivity contribution in [3.8, 4) is 0 Å². The maximum atomic E-state index is 13.3. The number of benzene rings is 2. The van der Waals surface area contributed by atoms with E-state index < -0.39 is 0 Å². The molecule has 0 radical (unpaired) electrons. The fourth-order valence-corrected chi connectivity index (χ4v) is 4.22. The molecule has 1 amide bonds. The highest BCUT2D eigenvalue weighted by Gasteiger charge is 2.34. The number of ketones is 2. The molecule has 0 atom stereocenters. The Kier molecular flexibility index (Phi) is 6.13. The summed E-state index contributed by atoms with van der Waals surface area (Å²) >= 11 is 0. The molecule has 162 valence electrons. The van der Waals surface area contributed by atoms with Gasteiger partial charge < -0.3 is 20.4 Å². The highest BCUT2D eigenvalue weighted by atomic mass is 16.3. The summed E-state index contributed by atoms with van der Waals surface area (Å²) < 4.78 is 0. The first-order valence-electron chi connectivity index (χ1n) is 10.4. The number of anilines is 1. The number of amides is 1. The van der Waals surface area contributed by atoms with Crippen LogP contribution in [0.1, 0.15) is 42.2 Å². The van der Waals surface area contributed by atoms with Gasteiger partial charge in [0.2, 0.25) is 0 Å². The summed E-state index contributed by atoms with van der Waals surface area (Å²) in [7, 11) is 0. The molecule has 1 heterocycles. The van der Waals surface area contributed by atoms with E-state index >= 15 is 0 Å². The molecule has 1 aliphatic carbocycles. The molecule has 4 rings (SSSR count). The molecule has 0 saturated carbocycles. The predicted octanol–water partition coefficient (Wildman–Crippen LogP) is 0.616. The van der Waals surface area contributed by atoms with Crippen molar-refractivity contribution in [1.82, 2.24) is 9.80 Å². The molecule has 8 nitrogen and oxygen atoms in total. The number of piperazine rings is 1. The molecule has 3 N–H and O–H groups in total. The normalized spacial score (nSPS) is 16.1. The van der Waals surface area contributed by atoms with Crippen LogP contribution in [0.3, 0.4) is 0 Å². The number of nitrogens with one attached hydrogen (secondary N) is 1. The molecule has 0 spiro atoms. The number of fused-ring (bicyclic) bond motifs is 2. The van der Waals surface area contributed by atoms with Crippen LogP contribution in [0.25, 0.3) is 0 Å². The number of β-amino-alcohol motifs (C(OH)–C–C–N with tert-alkyl or cyclic N) is 1. The van der Waals surface area contributed by atoms with Crippen LogP contribution in [-0.2, 0) is 0 Å².